The lowest BCUT2D eigenvalue weighted by molar-refractivity contribution is -0.385. The first-order valence-electron chi connectivity index (χ1n) is 8.18. The van der Waals surface area contributed by atoms with E-state index in [0.717, 1.165) is 24.5 Å². The molecule has 150 valence electrons. The van der Waals surface area contributed by atoms with E-state index in [-0.39, 0.29) is 10.5 Å². The molecule has 0 unspecified atom stereocenters. The van der Waals surface area contributed by atoms with E-state index in [4.69, 9.17) is 11.6 Å². The quantitative estimate of drug-likeness (QED) is 0.484. The molecule has 9 nitrogen and oxygen atoms in total. The lowest BCUT2D eigenvalue weighted by Gasteiger charge is -2.10. The number of amides is 1. The van der Waals surface area contributed by atoms with Crippen molar-refractivity contribution in [1.82, 2.24) is 9.78 Å². The average molecular weight is 435 g/mol. The second kappa shape index (κ2) is 7.64. The number of nitrogens with one attached hydrogen (secondary N) is 1. The van der Waals surface area contributed by atoms with Gasteiger partial charge in [-0.15, -0.1) is 0 Å². The zero-order valence-electron chi connectivity index (χ0n) is 15.3. The van der Waals surface area contributed by atoms with Crippen molar-refractivity contribution < 1.29 is 18.1 Å². The predicted octanol–water partition coefficient (Wildman–Crippen LogP) is 3.40. The smallest absolute Gasteiger partial charge is 0.271 e. The van der Waals surface area contributed by atoms with Crippen LogP contribution in [-0.2, 0) is 9.84 Å². The van der Waals surface area contributed by atoms with E-state index in [9.17, 15) is 23.3 Å². The molecule has 0 aliphatic heterocycles. The van der Waals surface area contributed by atoms with Crippen LogP contribution >= 0.6 is 11.6 Å². The number of non-ortho nitro benzene ring substituents is 1. The number of nitro benzene ring substituents is 1. The summed E-state index contributed by atoms with van der Waals surface area (Å²) in [6.45, 7) is 1.73. The van der Waals surface area contributed by atoms with Crippen molar-refractivity contribution in [3.63, 3.8) is 0 Å². The third-order valence-electron chi connectivity index (χ3n) is 3.92. The number of benzene rings is 2. The number of carbonyl (C=O) groups is 1. The Hall–Kier alpha value is -3.24. The van der Waals surface area contributed by atoms with Crippen LogP contribution in [0.3, 0.4) is 0 Å². The summed E-state index contributed by atoms with van der Waals surface area (Å²) in [5.41, 5.74) is 0.529. The normalized spacial score (nSPS) is 11.3. The molecule has 0 bridgehead atoms. The van der Waals surface area contributed by atoms with Gasteiger partial charge in [0.2, 0.25) is 0 Å². The van der Waals surface area contributed by atoms with Gasteiger partial charge in [0.1, 0.15) is 5.82 Å². The van der Waals surface area contributed by atoms with E-state index in [1.807, 2.05) is 0 Å². The predicted molar refractivity (Wildman–Crippen MR) is 107 cm³/mol. The lowest BCUT2D eigenvalue weighted by Crippen LogP contribution is -2.16. The van der Waals surface area contributed by atoms with Crippen LogP contribution < -0.4 is 5.32 Å². The van der Waals surface area contributed by atoms with Crippen molar-refractivity contribution in [3.05, 3.63) is 74.9 Å². The Labute approximate surface area is 171 Å². The highest BCUT2D eigenvalue weighted by atomic mass is 35.5. The molecule has 3 aromatic rings. The van der Waals surface area contributed by atoms with Crippen molar-refractivity contribution in [2.75, 3.05) is 11.6 Å². The maximum Gasteiger partial charge on any atom is 0.271 e. The minimum atomic E-state index is -3.76. The summed E-state index contributed by atoms with van der Waals surface area (Å²) in [5, 5.41) is 18.5. The van der Waals surface area contributed by atoms with E-state index in [1.54, 1.807) is 37.3 Å². The zero-order chi connectivity index (χ0) is 21.3. The standard InChI is InChI=1S/C18H15ClN4O5S/c1-11-6-17(22(21-11)14-5-3-4-13(19)9-14)20-18(24)12-7-15(23(25)26)10-16(8-12)29(2,27)28/h3-10H,1-2H3,(H,20,24). The van der Waals surface area contributed by atoms with Gasteiger partial charge in [-0.1, -0.05) is 17.7 Å². The number of carbonyl (C=O) groups excluding carboxylic acids is 1. The van der Waals surface area contributed by atoms with Gasteiger partial charge in [-0.3, -0.25) is 14.9 Å². The molecule has 11 heteroatoms. The van der Waals surface area contributed by atoms with E-state index >= 15 is 0 Å². The van der Waals surface area contributed by atoms with Crippen molar-refractivity contribution >= 4 is 38.9 Å². The topological polar surface area (TPSA) is 124 Å². The highest BCUT2D eigenvalue weighted by Gasteiger charge is 2.20. The molecule has 2 aromatic carbocycles. The van der Waals surface area contributed by atoms with E-state index < -0.39 is 26.4 Å². The number of sulfone groups is 1. The molecule has 1 amide bonds. The van der Waals surface area contributed by atoms with E-state index in [1.165, 1.54) is 4.68 Å². The maximum atomic E-state index is 12.7. The average Bonchev–Trinajstić information content (AvgIpc) is 3.00. The Balaban J connectivity index is 2.02. The van der Waals surface area contributed by atoms with Crippen LogP contribution in [0.2, 0.25) is 5.02 Å². The van der Waals surface area contributed by atoms with Gasteiger partial charge in [-0.05, 0) is 31.2 Å². The first-order chi connectivity index (χ1) is 13.5. The molecule has 0 spiro atoms. The monoisotopic (exact) mass is 434 g/mol. The summed E-state index contributed by atoms with van der Waals surface area (Å²) in [7, 11) is -3.76. The summed E-state index contributed by atoms with van der Waals surface area (Å²) in [5.74, 6) is -0.427. The van der Waals surface area contributed by atoms with Crippen LogP contribution in [0.1, 0.15) is 16.1 Å². The summed E-state index contributed by atoms with van der Waals surface area (Å²) in [6, 6.07) is 11.4. The molecule has 1 aromatic heterocycles. The second-order valence-corrected chi connectivity index (χ2v) is 8.71. The van der Waals surface area contributed by atoms with Gasteiger partial charge in [-0.25, -0.2) is 13.1 Å². The number of hydrogen-bond donors (Lipinski definition) is 1. The second-order valence-electron chi connectivity index (χ2n) is 6.26. The van der Waals surface area contributed by atoms with Crippen molar-refractivity contribution in [1.29, 1.82) is 0 Å². The molecule has 0 aliphatic carbocycles. The van der Waals surface area contributed by atoms with Crippen LogP contribution in [0.15, 0.2) is 53.4 Å². The minimum absolute atomic E-state index is 0.170. The first-order valence-corrected chi connectivity index (χ1v) is 10.4. The van der Waals surface area contributed by atoms with Gasteiger partial charge in [-0.2, -0.15) is 5.10 Å². The Morgan fingerprint density at radius 2 is 1.93 bits per heavy atom. The molecule has 1 N–H and O–H groups in total. The number of nitro groups is 1. The number of halogens is 1. The Morgan fingerprint density at radius 1 is 1.21 bits per heavy atom. The van der Waals surface area contributed by atoms with Crippen LogP contribution in [0.5, 0.6) is 0 Å². The fourth-order valence-corrected chi connectivity index (χ4v) is 3.48. The van der Waals surface area contributed by atoms with Gasteiger partial charge in [0.15, 0.2) is 9.84 Å². The number of aryl methyl sites for hydroxylation is 1. The van der Waals surface area contributed by atoms with Crippen LogP contribution in [-0.4, -0.2) is 35.3 Å². The zero-order valence-corrected chi connectivity index (χ0v) is 16.9. The molecule has 0 saturated carbocycles. The van der Waals surface area contributed by atoms with Crippen LogP contribution in [0.4, 0.5) is 11.5 Å². The largest absolute Gasteiger partial charge is 0.306 e. The molecular weight excluding hydrogens is 420 g/mol. The van der Waals surface area contributed by atoms with Gasteiger partial charge in [0, 0.05) is 35.0 Å². The highest BCUT2D eigenvalue weighted by Crippen LogP contribution is 2.24. The molecule has 0 atom stereocenters. The number of aromatic nitrogens is 2. The SMILES string of the molecule is Cc1cc(NC(=O)c2cc([N+](=O)[O-])cc(S(C)(=O)=O)c2)n(-c2cccc(Cl)c2)n1. The molecule has 29 heavy (non-hydrogen) atoms. The highest BCUT2D eigenvalue weighted by molar-refractivity contribution is 7.90. The Bertz CT molecular complexity index is 1240. The van der Waals surface area contributed by atoms with E-state index in [2.05, 4.69) is 10.4 Å². The molecule has 0 radical (unpaired) electrons. The lowest BCUT2D eigenvalue weighted by atomic mass is 10.2. The Kier molecular flexibility index (Phi) is 5.40. The van der Waals surface area contributed by atoms with Crippen molar-refractivity contribution in [2.24, 2.45) is 0 Å². The molecule has 0 aliphatic rings. The van der Waals surface area contributed by atoms with Crippen molar-refractivity contribution in [3.8, 4) is 5.69 Å². The van der Waals surface area contributed by atoms with Gasteiger partial charge in [0.25, 0.3) is 11.6 Å². The molecule has 0 fully saturated rings. The molecule has 3 rings (SSSR count). The summed E-state index contributed by atoms with van der Waals surface area (Å²) < 4.78 is 25.1. The molecule has 1 heterocycles. The summed E-state index contributed by atoms with van der Waals surface area (Å²) in [6.07, 6.45) is 0.908. The summed E-state index contributed by atoms with van der Waals surface area (Å²) in [4.78, 5) is 22.8. The minimum Gasteiger partial charge on any atom is -0.306 e. The number of nitrogens with zero attached hydrogens (tertiary/aromatic N) is 3. The fourth-order valence-electron chi connectivity index (χ4n) is 2.62. The number of rotatable bonds is 5. The van der Waals surface area contributed by atoms with Gasteiger partial charge < -0.3 is 5.32 Å². The molecular formula is C18H15ClN4O5S. The van der Waals surface area contributed by atoms with Crippen molar-refractivity contribution in [2.45, 2.75) is 11.8 Å². The fraction of sp³-hybridized carbons (Fsp3) is 0.111. The number of anilines is 1. The first kappa shape index (κ1) is 20.5. The van der Waals surface area contributed by atoms with Gasteiger partial charge >= 0.3 is 0 Å². The van der Waals surface area contributed by atoms with Crippen LogP contribution in [0, 0.1) is 17.0 Å². The molecule has 0 saturated heterocycles. The summed E-state index contributed by atoms with van der Waals surface area (Å²) >= 11 is 6.01. The van der Waals surface area contributed by atoms with E-state index in [0.29, 0.717) is 22.2 Å². The number of hydrogen-bond acceptors (Lipinski definition) is 6. The Morgan fingerprint density at radius 3 is 2.55 bits per heavy atom. The third kappa shape index (κ3) is 4.61. The van der Waals surface area contributed by atoms with Crippen LogP contribution in [0.25, 0.3) is 5.69 Å². The van der Waals surface area contributed by atoms with Gasteiger partial charge in [0.05, 0.1) is 21.2 Å². The third-order valence-corrected chi connectivity index (χ3v) is 5.25. The maximum absolute atomic E-state index is 12.7.